The van der Waals surface area contributed by atoms with Gasteiger partial charge in [-0.1, -0.05) is 20.8 Å². The maximum Gasteiger partial charge on any atom is 0.271 e. The molecule has 0 aliphatic carbocycles. The number of aromatic nitrogens is 2. The molecule has 0 radical (unpaired) electrons. The van der Waals surface area contributed by atoms with E-state index in [9.17, 15) is 4.79 Å². The Morgan fingerprint density at radius 1 is 1.24 bits per heavy atom. The molecule has 1 N–H and O–H groups in total. The van der Waals surface area contributed by atoms with Gasteiger partial charge in [-0.2, -0.15) is 0 Å². The molecule has 17 heavy (non-hydrogen) atoms. The molecule has 1 aromatic heterocycles. The van der Waals surface area contributed by atoms with Crippen molar-refractivity contribution in [1.29, 1.82) is 0 Å². The smallest absolute Gasteiger partial charge is 0.271 e. The highest BCUT2D eigenvalue weighted by atomic mass is 16.2. The van der Waals surface area contributed by atoms with Gasteiger partial charge in [0.15, 0.2) is 0 Å². The minimum Gasteiger partial charge on any atom is -0.346 e. The highest BCUT2D eigenvalue weighted by molar-refractivity contribution is 5.92. The molecule has 0 bridgehead atoms. The first kappa shape index (κ1) is 13.6. The van der Waals surface area contributed by atoms with E-state index in [1.54, 1.807) is 6.20 Å². The summed E-state index contributed by atoms with van der Waals surface area (Å²) < 4.78 is 0. The van der Waals surface area contributed by atoms with Crippen molar-refractivity contribution in [2.45, 2.75) is 46.6 Å². The summed E-state index contributed by atoms with van der Waals surface area (Å²) in [5.74, 6) is -0.174. The van der Waals surface area contributed by atoms with Crippen LogP contribution in [0.1, 0.15) is 51.5 Å². The molecule has 0 aliphatic heterocycles. The van der Waals surface area contributed by atoms with Gasteiger partial charge in [0.05, 0.1) is 6.20 Å². The van der Waals surface area contributed by atoms with Gasteiger partial charge in [-0.25, -0.2) is 4.98 Å². The Bertz CT molecular complexity index is 379. The van der Waals surface area contributed by atoms with E-state index in [1.807, 2.05) is 13.8 Å². The van der Waals surface area contributed by atoms with Crippen molar-refractivity contribution in [2.24, 2.45) is 5.41 Å². The molecule has 94 valence electrons. The van der Waals surface area contributed by atoms with Crippen LogP contribution in [0.3, 0.4) is 0 Å². The quantitative estimate of drug-likeness (QED) is 0.875. The monoisotopic (exact) mass is 235 g/mol. The van der Waals surface area contributed by atoms with E-state index in [4.69, 9.17) is 0 Å². The third-order valence-corrected chi connectivity index (χ3v) is 2.22. The topological polar surface area (TPSA) is 54.9 Å². The Morgan fingerprint density at radius 2 is 1.88 bits per heavy atom. The molecular formula is C13H21N3O. The first-order valence-corrected chi connectivity index (χ1v) is 5.78. The predicted octanol–water partition coefficient (Wildman–Crippen LogP) is 2.42. The largest absolute Gasteiger partial charge is 0.346 e. The lowest BCUT2D eigenvalue weighted by atomic mass is 9.82. The zero-order valence-electron chi connectivity index (χ0n) is 11.2. The van der Waals surface area contributed by atoms with E-state index >= 15 is 0 Å². The summed E-state index contributed by atoms with van der Waals surface area (Å²) in [5.41, 5.74) is 0.265. The standard InChI is InChI=1S/C13H21N3O/c1-12(2,3)9-13(4,5)16-11(17)10-8-14-6-7-15-10/h6-8H,9H2,1-5H3,(H,16,17). The first-order valence-electron chi connectivity index (χ1n) is 5.78. The lowest BCUT2D eigenvalue weighted by molar-refractivity contribution is 0.0886. The van der Waals surface area contributed by atoms with Gasteiger partial charge in [0, 0.05) is 17.9 Å². The van der Waals surface area contributed by atoms with Gasteiger partial charge < -0.3 is 5.32 Å². The summed E-state index contributed by atoms with van der Waals surface area (Å²) in [4.78, 5) is 19.8. The summed E-state index contributed by atoms with van der Waals surface area (Å²) in [5, 5.41) is 2.99. The van der Waals surface area contributed by atoms with Crippen LogP contribution in [0.4, 0.5) is 0 Å². The molecule has 0 aromatic carbocycles. The van der Waals surface area contributed by atoms with Crippen molar-refractivity contribution < 1.29 is 4.79 Å². The molecule has 0 atom stereocenters. The van der Waals surface area contributed by atoms with Crippen LogP contribution < -0.4 is 5.32 Å². The number of hydrogen-bond donors (Lipinski definition) is 1. The SMILES string of the molecule is CC(C)(C)CC(C)(C)NC(=O)c1cnccn1. The van der Waals surface area contributed by atoms with E-state index in [2.05, 4.69) is 36.1 Å². The van der Waals surface area contributed by atoms with Crippen LogP contribution in [0, 0.1) is 5.41 Å². The van der Waals surface area contributed by atoms with E-state index in [0.717, 1.165) is 6.42 Å². The molecule has 1 aromatic rings. The van der Waals surface area contributed by atoms with E-state index in [1.165, 1.54) is 12.4 Å². The maximum atomic E-state index is 11.9. The average molecular weight is 235 g/mol. The highest BCUT2D eigenvalue weighted by Gasteiger charge is 2.27. The van der Waals surface area contributed by atoms with Crippen molar-refractivity contribution in [2.75, 3.05) is 0 Å². The molecule has 0 spiro atoms. The first-order chi connectivity index (χ1) is 7.70. The van der Waals surface area contributed by atoms with Gasteiger partial charge in [-0.15, -0.1) is 0 Å². The van der Waals surface area contributed by atoms with E-state index < -0.39 is 0 Å². The molecule has 0 unspecified atom stereocenters. The van der Waals surface area contributed by atoms with Crippen LogP contribution in [-0.2, 0) is 0 Å². The summed E-state index contributed by atoms with van der Waals surface area (Å²) in [7, 11) is 0. The van der Waals surface area contributed by atoms with Crippen molar-refractivity contribution in [3.8, 4) is 0 Å². The molecule has 4 heteroatoms. The fourth-order valence-corrected chi connectivity index (χ4v) is 2.16. The predicted molar refractivity (Wildman–Crippen MR) is 67.6 cm³/mol. The summed E-state index contributed by atoms with van der Waals surface area (Å²) in [6, 6.07) is 0. The second-order valence-electron chi connectivity index (χ2n) is 6.17. The van der Waals surface area contributed by atoms with Crippen LogP contribution in [0.2, 0.25) is 0 Å². The van der Waals surface area contributed by atoms with Crippen LogP contribution in [0.25, 0.3) is 0 Å². The van der Waals surface area contributed by atoms with Crippen LogP contribution >= 0.6 is 0 Å². The zero-order valence-corrected chi connectivity index (χ0v) is 11.2. The molecule has 0 fully saturated rings. The highest BCUT2D eigenvalue weighted by Crippen LogP contribution is 2.26. The summed E-state index contributed by atoms with van der Waals surface area (Å²) in [6.07, 6.45) is 5.44. The van der Waals surface area contributed by atoms with Crippen molar-refractivity contribution in [1.82, 2.24) is 15.3 Å². The lowest BCUT2D eigenvalue weighted by Gasteiger charge is -2.33. The number of amides is 1. The fraction of sp³-hybridized carbons (Fsp3) is 0.615. The minimum atomic E-state index is -0.257. The third kappa shape index (κ3) is 4.93. The number of rotatable bonds is 3. The van der Waals surface area contributed by atoms with Gasteiger partial charge in [-0.05, 0) is 25.7 Å². The van der Waals surface area contributed by atoms with Gasteiger partial charge >= 0.3 is 0 Å². The minimum absolute atomic E-state index is 0.166. The lowest BCUT2D eigenvalue weighted by Crippen LogP contribution is -2.46. The molecule has 1 amide bonds. The van der Waals surface area contributed by atoms with Crippen LogP contribution in [-0.4, -0.2) is 21.4 Å². The Kier molecular flexibility index (Phi) is 3.86. The van der Waals surface area contributed by atoms with Crippen molar-refractivity contribution in [3.05, 3.63) is 24.3 Å². The maximum absolute atomic E-state index is 11.9. The van der Waals surface area contributed by atoms with Crippen molar-refractivity contribution in [3.63, 3.8) is 0 Å². The average Bonchev–Trinajstić information content (AvgIpc) is 2.14. The fourth-order valence-electron chi connectivity index (χ4n) is 2.16. The molecule has 0 aliphatic rings. The second kappa shape index (κ2) is 4.82. The van der Waals surface area contributed by atoms with Crippen LogP contribution in [0.15, 0.2) is 18.6 Å². The Hall–Kier alpha value is -1.45. The third-order valence-electron chi connectivity index (χ3n) is 2.22. The number of hydrogen-bond acceptors (Lipinski definition) is 3. The normalized spacial score (nSPS) is 12.3. The molecule has 1 rings (SSSR count). The number of carbonyl (C=O) groups is 1. The Balaban J connectivity index is 2.69. The molecule has 0 saturated heterocycles. The van der Waals surface area contributed by atoms with Crippen LogP contribution in [0.5, 0.6) is 0 Å². The summed E-state index contributed by atoms with van der Waals surface area (Å²) in [6.45, 7) is 10.5. The second-order valence-corrected chi connectivity index (χ2v) is 6.17. The Labute approximate surface area is 103 Å². The molecular weight excluding hydrogens is 214 g/mol. The summed E-state index contributed by atoms with van der Waals surface area (Å²) >= 11 is 0. The molecule has 0 saturated carbocycles. The van der Waals surface area contributed by atoms with Gasteiger partial charge in [-0.3, -0.25) is 9.78 Å². The molecule has 4 nitrogen and oxygen atoms in total. The molecule has 1 heterocycles. The van der Waals surface area contributed by atoms with Crippen molar-refractivity contribution >= 4 is 5.91 Å². The van der Waals surface area contributed by atoms with Gasteiger partial charge in [0.25, 0.3) is 5.91 Å². The number of nitrogens with one attached hydrogen (secondary N) is 1. The van der Waals surface area contributed by atoms with Gasteiger partial charge in [0.1, 0.15) is 5.69 Å². The number of carbonyl (C=O) groups excluding carboxylic acids is 1. The van der Waals surface area contributed by atoms with E-state index in [0.29, 0.717) is 5.69 Å². The Morgan fingerprint density at radius 3 is 2.35 bits per heavy atom. The van der Waals surface area contributed by atoms with Gasteiger partial charge in [0.2, 0.25) is 0 Å². The zero-order chi connectivity index (χ0) is 13.1. The van der Waals surface area contributed by atoms with E-state index in [-0.39, 0.29) is 16.9 Å². The number of nitrogens with zero attached hydrogens (tertiary/aromatic N) is 2.